The van der Waals surface area contributed by atoms with Crippen molar-refractivity contribution in [3.63, 3.8) is 0 Å². The summed E-state index contributed by atoms with van der Waals surface area (Å²) < 4.78 is 21.1. The highest BCUT2D eigenvalue weighted by molar-refractivity contribution is 7.09. The minimum absolute atomic E-state index is 0.0250. The third-order valence-corrected chi connectivity index (χ3v) is 7.19. The summed E-state index contributed by atoms with van der Waals surface area (Å²) in [6.07, 6.45) is 1.64. The lowest BCUT2D eigenvalue weighted by atomic mass is 10.0. The largest absolute Gasteiger partial charge is 0.494 e. The molecule has 5 N–H and O–H groups in total. The van der Waals surface area contributed by atoms with Crippen LogP contribution in [0.2, 0.25) is 0 Å². The van der Waals surface area contributed by atoms with Crippen LogP contribution in [-0.2, 0) is 9.53 Å². The molecule has 40 heavy (non-hydrogen) atoms. The smallest absolute Gasteiger partial charge is 0.273 e. The Hall–Kier alpha value is -4.16. The molecule has 2 heterocycles. The first-order chi connectivity index (χ1) is 19.3. The summed E-state index contributed by atoms with van der Waals surface area (Å²) in [7, 11) is 0. The molecule has 2 atom stereocenters. The summed E-state index contributed by atoms with van der Waals surface area (Å²) >= 11 is 0.742. The highest BCUT2D eigenvalue weighted by Crippen LogP contribution is 2.38. The van der Waals surface area contributed by atoms with Gasteiger partial charge in [-0.3, -0.25) is 19.3 Å². The van der Waals surface area contributed by atoms with Gasteiger partial charge in [0.05, 0.1) is 30.7 Å². The van der Waals surface area contributed by atoms with Crippen molar-refractivity contribution >= 4 is 40.6 Å². The number of hydrogen-bond donors (Lipinski definition) is 3. The first-order valence-corrected chi connectivity index (χ1v) is 13.8. The maximum atomic E-state index is 14.3. The standard InChI is InChI=1S/C28H33N5O6S/c1-3-37-18-13-11-17(12-14-18)24(27(35)31-16-19-8-7-15-39-19)33(20-9-5-6-10-21(20)38-4-2)28(36)25-22(29)23(26(30)34)32-40-25/h5-6,9-14,19,24H,3-4,7-8,15-16,29H2,1-2H3,(H2,30,34)(H,31,35)/t19-,24-/m0/s1. The second-order valence-corrected chi connectivity index (χ2v) is 9.77. The zero-order valence-electron chi connectivity index (χ0n) is 22.4. The van der Waals surface area contributed by atoms with Gasteiger partial charge in [-0.1, -0.05) is 24.3 Å². The van der Waals surface area contributed by atoms with Gasteiger partial charge in [0.15, 0.2) is 5.69 Å². The number of nitrogens with zero attached hydrogens (tertiary/aromatic N) is 2. The van der Waals surface area contributed by atoms with Gasteiger partial charge >= 0.3 is 0 Å². The van der Waals surface area contributed by atoms with Gasteiger partial charge in [-0.05, 0) is 68.1 Å². The molecule has 3 amide bonds. The van der Waals surface area contributed by atoms with Crippen LogP contribution >= 0.6 is 11.5 Å². The number of benzene rings is 2. The molecule has 11 nitrogen and oxygen atoms in total. The van der Waals surface area contributed by atoms with Crippen molar-refractivity contribution in [1.82, 2.24) is 9.69 Å². The molecule has 0 saturated carbocycles. The third kappa shape index (κ3) is 6.35. The molecule has 1 aromatic heterocycles. The van der Waals surface area contributed by atoms with E-state index in [1.165, 1.54) is 4.90 Å². The summed E-state index contributed by atoms with van der Waals surface area (Å²) in [6.45, 7) is 5.43. The zero-order valence-corrected chi connectivity index (χ0v) is 23.2. The summed E-state index contributed by atoms with van der Waals surface area (Å²) in [5.41, 5.74) is 12.1. The predicted octanol–water partition coefficient (Wildman–Crippen LogP) is 3.30. The molecule has 0 unspecified atom stereocenters. The SMILES string of the molecule is CCOc1ccc([C@@H](C(=O)NC[C@@H]2CCCO2)N(C(=O)c2snc(C(N)=O)c2N)c2ccccc2OCC)cc1. The van der Waals surface area contributed by atoms with Crippen LogP contribution in [0.4, 0.5) is 11.4 Å². The monoisotopic (exact) mass is 567 g/mol. The number of ether oxygens (including phenoxy) is 3. The van der Waals surface area contributed by atoms with E-state index in [1.54, 1.807) is 48.5 Å². The molecule has 212 valence electrons. The number of rotatable bonds is 12. The van der Waals surface area contributed by atoms with Gasteiger partial charge in [-0.25, -0.2) is 0 Å². The number of para-hydroxylation sites is 2. The molecule has 0 spiro atoms. The van der Waals surface area contributed by atoms with Crippen LogP contribution in [0.3, 0.4) is 0 Å². The van der Waals surface area contributed by atoms with Crippen LogP contribution in [-0.4, -0.2) is 54.6 Å². The highest BCUT2D eigenvalue weighted by atomic mass is 32.1. The molecule has 2 aromatic carbocycles. The Bertz CT molecular complexity index is 1340. The van der Waals surface area contributed by atoms with Crippen molar-refractivity contribution in [1.29, 1.82) is 0 Å². The Labute approximate surface area is 236 Å². The minimum atomic E-state index is -1.15. The lowest BCUT2D eigenvalue weighted by molar-refractivity contribution is -0.123. The van der Waals surface area contributed by atoms with Gasteiger partial charge < -0.3 is 31.0 Å². The van der Waals surface area contributed by atoms with E-state index in [0.29, 0.717) is 42.6 Å². The molecule has 4 rings (SSSR count). The minimum Gasteiger partial charge on any atom is -0.494 e. The van der Waals surface area contributed by atoms with E-state index < -0.39 is 23.8 Å². The van der Waals surface area contributed by atoms with Crippen molar-refractivity contribution in [2.45, 2.75) is 38.8 Å². The first kappa shape index (κ1) is 28.8. The van der Waals surface area contributed by atoms with Gasteiger partial charge in [0, 0.05) is 13.2 Å². The maximum absolute atomic E-state index is 14.3. The number of nitrogen functional groups attached to an aromatic ring is 1. The first-order valence-electron chi connectivity index (χ1n) is 13.1. The van der Waals surface area contributed by atoms with Crippen molar-refractivity contribution in [2.75, 3.05) is 37.0 Å². The highest BCUT2D eigenvalue weighted by Gasteiger charge is 2.37. The van der Waals surface area contributed by atoms with E-state index in [-0.39, 0.29) is 28.9 Å². The van der Waals surface area contributed by atoms with Crippen LogP contribution in [0.25, 0.3) is 0 Å². The number of anilines is 2. The number of primary amides is 1. The van der Waals surface area contributed by atoms with Crippen LogP contribution in [0.15, 0.2) is 48.5 Å². The fraction of sp³-hybridized carbons (Fsp3) is 0.357. The second kappa shape index (κ2) is 13.3. The fourth-order valence-corrected chi connectivity index (χ4v) is 5.23. The van der Waals surface area contributed by atoms with E-state index >= 15 is 0 Å². The van der Waals surface area contributed by atoms with Crippen LogP contribution in [0.5, 0.6) is 11.5 Å². The lowest BCUT2D eigenvalue weighted by Crippen LogP contribution is -2.45. The van der Waals surface area contributed by atoms with Gasteiger partial charge in [0.25, 0.3) is 11.8 Å². The van der Waals surface area contributed by atoms with Crippen molar-refractivity contribution in [2.24, 2.45) is 5.73 Å². The summed E-state index contributed by atoms with van der Waals surface area (Å²) in [5, 5.41) is 2.96. The number of hydrogen-bond acceptors (Lipinski definition) is 9. The second-order valence-electron chi connectivity index (χ2n) is 9.00. The van der Waals surface area contributed by atoms with Crippen molar-refractivity contribution in [3.8, 4) is 11.5 Å². The normalized spacial score (nSPS) is 15.3. The van der Waals surface area contributed by atoms with E-state index in [2.05, 4.69) is 9.69 Å². The number of carbonyl (C=O) groups excluding carboxylic acids is 3. The quantitative estimate of drug-likeness (QED) is 0.301. The number of nitrogens with one attached hydrogen (secondary N) is 1. The van der Waals surface area contributed by atoms with Crippen LogP contribution in [0.1, 0.15) is 58.5 Å². The zero-order chi connectivity index (χ0) is 28.6. The van der Waals surface area contributed by atoms with Crippen molar-refractivity contribution < 1.29 is 28.6 Å². The average Bonchev–Trinajstić information content (AvgIpc) is 3.61. The molecule has 0 aliphatic carbocycles. The van der Waals surface area contributed by atoms with Crippen LogP contribution < -0.4 is 31.2 Å². The molecule has 3 aromatic rings. The molecule has 0 bridgehead atoms. The molecular weight excluding hydrogens is 534 g/mol. The number of carbonyl (C=O) groups is 3. The predicted molar refractivity (Wildman–Crippen MR) is 152 cm³/mol. The summed E-state index contributed by atoms with van der Waals surface area (Å²) in [4.78, 5) is 41.4. The van der Waals surface area contributed by atoms with E-state index in [9.17, 15) is 14.4 Å². The lowest BCUT2D eigenvalue weighted by Gasteiger charge is -2.32. The average molecular weight is 568 g/mol. The third-order valence-electron chi connectivity index (χ3n) is 6.34. The van der Waals surface area contributed by atoms with E-state index in [4.69, 9.17) is 25.7 Å². The number of aromatic nitrogens is 1. The Morgan fingerprint density at radius 2 is 1.85 bits per heavy atom. The van der Waals surface area contributed by atoms with Gasteiger partial charge in [0.1, 0.15) is 22.4 Å². The summed E-state index contributed by atoms with van der Waals surface area (Å²) in [6, 6.07) is 12.7. The molecule has 1 aliphatic rings. The van der Waals surface area contributed by atoms with E-state index in [0.717, 1.165) is 24.4 Å². The number of nitrogens with two attached hydrogens (primary N) is 2. The maximum Gasteiger partial charge on any atom is 0.273 e. The Balaban J connectivity index is 1.85. The van der Waals surface area contributed by atoms with Crippen LogP contribution in [0, 0.1) is 0 Å². The number of amides is 3. The van der Waals surface area contributed by atoms with Gasteiger partial charge in [-0.15, -0.1) is 0 Å². The molecule has 0 radical (unpaired) electrons. The van der Waals surface area contributed by atoms with E-state index in [1.807, 2.05) is 13.8 Å². The molecule has 1 fully saturated rings. The Kier molecular flexibility index (Phi) is 9.56. The molecule has 1 saturated heterocycles. The Morgan fingerprint density at radius 1 is 1.12 bits per heavy atom. The van der Waals surface area contributed by atoms with Gasteiger partial charge in [-0.2, -0.15) is 4.37 Å². The fourth-order valence-electron chi connectivity index (χ4n) is 4.49. The Morgan fingerprint density at radius 3 is 2.48 bits per heavy atom. The topological polar surface area (TPSA) is 159 Å². The molecule has 12 heteroatoms. The summed E-state index contributed by atoms with van der Waals surface area (Å²) in [5.74, 6) is -0.917. The van der Waals surface area contributed by atoms with Gasteiger partial charge in [0.2, 0.25) is 5.91 Å². The molecular formula is C28H33N5O6S. The molecule has 1 aliphatic heterocycles. The van der Waals surface area contributed by atoms with Crippen molar-refractivity contribution in [3.05, 3.63) is 64.7 Å².